The third-order valence-corrected chi connectivity index (χ3v) is 1.51. The highest BCUT2D eigenvalue weighted by Gasteiger charge is 2.04. The topological polar surface area (TPSA) is 96.6 Å². The smallest absolute Gasteiger partial charge is 0.335 e. The Hall–Kier alpha value is -2.26. The molecule has 0 radical (unpaired) electrons. The molecule has 0 bridgehead atoms. The molecule has 0 saturated heterocycles. The molecule has 1 aromatic carbocycles. The number of carboxylic acids is 1. The van der Waals surface area contributed by atoms with Crippen molar-refractivity contribution in [3.63, 3.8) is 0 Å². The molecule has 6 nitrogen and oxygen atoms in total. The van der Waals surface area contributed by atoms with Gasteiger partial charge < -0.3 is 5.11 Å². The van der Waals surface area contributed by atoms with Crippen LogP contribution >= 0.6 is 0 Å². The van der Waals surface area contributed by atoms with Gasteiger partial charge in [0.25, 0.3) is 0 Å². The summed E-state index contributed by atoms with van der Waals surface area (Å²) in [6.07, 6.45) is 1.51. The van der Waals surface area contributed by atoms with E-state index in [1.807, 2.05) is 5.43 Å². The van der Waals surface area contributed by atoms with E-state index in [0.29, 0.717) is 5.17 Å². The van der Waals surface area contributed by atoms with Gasteiger partial charge in [0, 0.05) is 0 Å². The second-order valence-electron chi connectivity index (χ2n) is 2.39. The van der Waals surface area contributed by atoms with Crippen LogP contribution in [0.3, 0.4) is 0 Å². The SMILES string of the molecule is N#CNN(O)c1ccc(C(=O)O)cc1. The van der Waals surface area contributed by atoms with Crippen LogP contribution in [0.5, 0.6) is 0 Å². The zero-order valence-electron chi connectivity index (χ0n) is 7.01. The van der Waals surface area contributed by atoms with E-state index in [0.717, 1.165) is 0 Å². The maximum Gasteiger partial charge on any atom is 0.335 e. The Balaban J connectivity index is 2.84. The lowest BCUT2D eigenvalue weighted by Crippen LogP contribution is -2.30. The fourth-order valence-corrected chi connectivity index (χ4v) is 0.857. The Kier molecular flexibility index (Phi) is 2.89. The highest BCUT2D eigenvalue weighted by molar-refractivity contribution is 5.87. The molecule has 72 valence electrons. The van der Waals surface area contributed by atoms with Gasteiger partial charge in [-0.2, -0.15) is 10.4 Å². The summed E-state index contributed by atoms with van der Waals surface area (Å²) in [4.78, 5) is 10.5. The standard InChI is InChI=1S/C8H7N3O3/c9-5-10-11(14)7-3-1-6(2-4-7)8(12)13/h1-4,10,14H,(H,12,13). The lowest BCUT2D eigenvalue weighted by molar-refractivity contribution is 0.0697. The molecule has 0 aliphatic heterocycles. The lowest BCUT2D eigenvalue weighted by Gasteiger charge is -2.12. The second-order valence-corrected chi connectivity index (χ2v) is 2.39. The first-order chi connectivity index (χ1) is 6.65. The Morgan fingerprint density at radius 3 is 2.43 bits per heavy atom. The molecule has 0 heterocycles. The van der Waals surface area contributed by atoms with Gasteiger partial charge in [-0.3, -0.25) is 5.21 Å². The zero-order chi connectivity index (χ0) is 10.6. The fraction of sp³-hybridized carbons (Fsp3) is 0. The maximum absolute atomic E-state index is 10.5. The number of carboxylic acid groups (broad SMARTS) is 1. The molecule has 1 aromatic rings. The number of carbonyl (C=O) groups is 1. The van der Waals surface area contributed by atoms with E-state index in [4.69, 9.17) is 15.6 Å². The molecular weight excluding hydrogens is 186 g/mol. The first-order valence-electron chi connectivity index (χ1n) is 3.62. The summed E-state index contributed by atoms with van der Waals surface area (Å²) >= 11 is 0. The molecule has 14 heavy (non-hydrogen) atoms. The van der Waals surface area contributed by atoms with E-state index in [2.05, 4.69) is 0 Å². The normalized spacial score (nSPS) is 8.86. The van der Waals surface area contributed by atoms with E-state index in [1.54, 1.807) is 0 Å². The van der Waals surface area contributed by atoms with Crippen molar-refractivity contribution in [3.05, 3.63) is 29.8 Å². The van der Waals surface area contributed by atoms with Gasteiger partial charge in [0.1, 0.15) is 0 Å². The molecule has 0 spiro atoms. The van der Waals surface area contributed by atoms with Crippen molar-refractivity contribution in [2.75, 3.05) is 5.17 Å². The van der Waals surface area contributed by atoms with E-state index in [-0.39, 0.29) is 11.3 Å². The van der Waals surface area contributed by atoms with E-state index in [9.17, 15) is 4.79 Å². The molecule has 0 amide bonds. The molecule has 3 N–H and O–H groups in total. The first kappa shape index (κ1) is 9.83. The van der Waals surface area contributed by atoms with E-state index >= 15 is 0 Å². The number of nitriles is 1. The van der Waals surface area contributed by atoms with Gasteiger partial charge in [0.2, 0.25) is 0 Å². The van der Waals surface area contributed by atoms with Crippen LogP contribution in [-0.4, -0.2) is 16.3 Å². The van der Waals surface area contributed by atoms with Crippen LogP contribution in [0.4, 0.5) is 5.69 Å². The quantitative estimate of drug-likeness (QED) is 0.369. The number of aromatic carboxylic acids is 1. The zero-order valence-corrected chi connectivity index (χ0v) is 7.01. The number of nitrogens with one attached hydrogen (secondary N) is 1. The van der Waals surface area contributed by atoms with Gasteiger partial charge in [0.15, 0.2) is 6.19 Å². The van der Waals surface area contributed by atoms with Crippen molar-refractivity contribution >= 4 is 11.7 Å². The van der Waals surface area contributed by atoms with Crippen LogP contribution in [-0.2, 0) is 0 Å². The van der Waals surface area contributed by atoms with Crippen molar-refractivity contribution in [3.8, 4) is 6.19 Å². The van der Waals surface area contributed by atoms with Crippen LogP contribution in [0.2, 0.25) is 0 Å². The van der Waals surface area contributed by atoms with Gasteiger partial charge in [0.05, 0.1) is 11.3 Å². The van der Waals surface area contributed by atoms with Crippen LogP contribution in [0.1, 0.15) is 10.4 Å². The molecule has 6 heteroatoms. The van der Waals surface area contributed by atoms with Crippen LogP contribution < -0.4 is 10.6 Å². The summed E-state index contributed by atoms with van der Waals surface area (Å²) in [5.41, 5.74) is 2.34. The van der Waals surface area contributed by atoms with Crippen LogP contribution in [0, 0.1) is 11.5 Å². The largest absolute Gasteiger partial charge is 0.478 e. The maximum atomic E-state index is 10.5. The number of nitrogens with zero attached hydrogens (tertiary/aromatic N) is 2. The molecule has 0 fully saturated rings. The van der Waals surface area contributed by atoms with Gasteiger partial charge in [-0.15, -0.1) is 0 Å². The second kappa shape index (κ2) is 4.11. The molecule has 0 atom stereocenters. The minimum absolute atomic E-state index is 0.110. The number of rotatable bonds is 3. The highest BCUT2D eigenvalue weighted by Crippen LogP contribution is 2.11. The average Bonchev–Trinajstić information content (AvgIpc) is 2.18. The summed E-state index contributed by atoms with van der Waals surface area (Å²) in [5, 5.41) is 26.4. The number of hydrogen-bond acceptors (Lipinski definition) is 5. The Bertz CT molecular complexity index is 368. The minimum Gasteiger partial charge on any atom is -0.478 e. The van der Waals surface area contributed by atoms with Crippen molar-refractivity contribution in [1.82, 2.24) is 5.43 Å². The van der Waals surface area contributed by atoms with Gasteiger partial charge in [-0.05, 0) is 24.3 Å². The van der Waals surface area contributed by atoms with Crippen LogP contribution in [0.25, 0.3) is 0 Å². The van der Waals surface area contributed by atoms with Crippen molar-refractivity contribution in [1.29, 1.82) is 5.26 Å². The Morgan fingerprint density at radius 2 is 2.00 bits per heavy atom. The monoisotopic (exact) mass is 193 g/mol. The molecule has 1 rings (SSSR count). The van der Waals surface area contributed by atoms with E-state index < -0.39 is 5.97 Å². The summed E-state index contributed by atoms with van der Waals surface area (Å²) < 4.78 is 0. The third kappa shape index (κ3) is 2.12. The summed E-state index contributed by atoms with van der Waals surface area (Å²) in [5.74, 6) is -1.05. The number of hydrazine groups is 1. The molecule has 0 aliphatic rings. The molecular formula is C8H7N3O3. The van der Waals surface area contributed by atoms with Gasteiger partial charge in [-0.1, -0.05) is 0 Å². The summed E-state index contributed by atoms with van der Waals surface area (Å²) in [7, 11) is 0. The van der Waals surface area contributed by atoms with Crippen molar-refractivity contribution in [2.45, 2.75) is 0 Å². The third-order valence-electron chi connectivity index (χ3n) is 1.51. The first-order valence-corrected chi connectivity index (χ1v) is 3.62. The molecule has 0 aromatic heterocycles. The molecule has 0 aliphatic carbocycles. The predicted molar refractivity (Wildman–Crippen MR) is 46.4 cm³/mol. The fourth-order valence-electron chi connectivity index (χ4n) is 0.857. The highest BCUT2D eigenvalue weighted by atomic mass is 16.5. The van der Waals surface area contributed by atoms with Crippen molar-refractivity contribution in [2.24, 2.45) is 0 Å². The number of anilines is 1. The molecule has 0 unspecified atom stereocenters. The average molecular weight is 193 g/mol. The van der Waals surface area contributed by atoms with E-state index in [1.165, 1.54) is 30.5 Å². The Labute approximate surface area is 79.5 Å². The molecule has 0 saturated carbocycles. The van der Waals surface area contributed by atoms with Gasteiger partial charge in [-0.25, -0.2) is 10.2 Å². The minimum atomic E-state index is -1.05. The number of benzene rings is 1. The van der Waals surface area contributed by atoms with Crippen molar-refractivity contribution < 1.29 is 15.1 Å². The lowest BCUT2D eigenvalue weighted by atomic mass is 10.2. The van der Waals surface area contributed by atoms with Crippen LogP contribution in [0.15, 0.2) is 24.3 Å². The Morgan fingerprint density at radius 1 is 1.43 bits per heavy atom. The predicted octanol–water partition coefficient (Wildman–Crippen LogP) is 0.566. The number of hydrogen-bond donors (Lipinski definition) is 3. The summed E-state index contributed by atoms with van der Waals surface area (Å²) in [6, 6.07) is 5.38. The van der Waals surface area contributed by atoms with Gasteiger partial charge >= 0.3 is 5.97 Å². The summed E-state index contributed by atoms with van der Waals surface area (Å²) in [6.45, 7) is 0.